The Bertz CT molecular complexity index is 440. The Morgan fingerprint density at radius 1 is 1.39 bits per heavy atom. The summed E-state index contributed by atoms with van der Waals surface area (Å²) in [6, 6.07) is 1.93. The molecule has 0 atom stereocenters. The molecule has 0 aromatic carbocycles. The van der Waals surface area contributed by atoms with Crippen LogP contribution in [0.2, 0.25) is 0 Å². The van der Waals surface area contributed by atoms with Crippen molar-refractivity contribution in [1.29, 1.82) is 0 Å². The Labute approximate surface area is 107 Å². The van der Waals surface area contributed by atoms with Crippen molar-refractivity contribution in [3.05, 3.63) is 27.9 Å². The molecule has 18 heavy (non-hydrogen) atoms. The molecule has 0 unspecified atom stereocenters. The number of nitro groups is 1. The summed E-state index contributed by atoms with van der Waals surface area (Å²) in [4.78, 5) is 14.7. The van der Waals surface area contributed by atoms with Gasteiger partial charge in [-0.05, 0) is 38.5 Å². The molecule has 1 aromatic rings. The molecule has 0 bridgehead atoms. The van der Waals surface area contributed by atoms with Gasteiger partial charge >= 0.3 is 0 Å². The smallest absolute Gasteiger partial charge is 0.277 e. The van der Waals surface area contributed by atoms with Crippen LogP contribution < -0.4 is 5.32 Å². The van der Waals surface area contributed by atoms with Crippen LogP contribution in [-0.2, 0) is 0 Å². The lowest BCUT2D eigenvalue weighted by Gasteiger charge is -2.27. The lowest BCUT2D eigenvalue weighted by molar-refractivity contribution is -0.385. The Morgan fingerprint density at radius 3 is 2.67 bits per heavy atom. The molecule has 98 valence electrons. The van der Waals surface area contributed by atoms with Crippen molar-refractivity contribution in [3.63, 3.8) is 0 Å². The van der Waals surface area contributed by atoms with E-state index in [1.165, 1.54) is 18.9 Å². The summed E-state index contributed by atoms with van der Waals surface area (Å²) in [5, 5.41) is 14.2. The molecule has 0 spiro atoms. The van der Waals surface area contributed by atoms with Crippen LogP contribution >= 0.6 is 0 Å². The monoisotopic (exact) mass is 249 g/mol. The minimum Gasteiger partial charge on any atom is -0.367 e. The van der Waals surface area contributed by atoms with Crippen molar-refractivity contribution in [1.82, 2.24) is 4.98 Å². The van der Waals surface area contributed by atoms with Crippen LogP contribution in [0, 0.1) is 23.0 Å². The van der Waals surface area contributed by atoms with E-state index in [2.05, 4.69) is 17.2 Å². The summed E-state index contributed by atoms with van der Waals surface area (Å²) in [6.07, 6.45) is 6.22. The molecule has 1 fully saturated rings. The molecular weight excluding hydrogens is 230 g/mol. The first-order chi connectivity index (χ1) is 8.56. The molecule has 0 radical (unpaired) electrons. The lowest BCUT2D eigenvalue weighted by atomic mass is 9.87. The molecule has 2 rings (SSSR count). The summed E-state index contributed by atoms with van der Waals surface area (Å²) in [6.45, 7) is 3.97. The van der Waals surface area contributed by atoms with Crippen LogP contribution in [0.3, 0.4) is 0 Å². The van der Waals surface area contributed by atoms with E-state index in [1.807, 2.05) is 0 Å². The van der Waals surface area contributed by atoms with Gasteiger partial charge in [0.2, 0.25) is 0 Å². The largest absolute Gasteiger partial charge is 0.367 e. The first-order valence-corrected chi connectivity index (χ1v) is 6.44. The van der Waals surface area contributed by atoms with Crippen molar-refractivity contribution in [2.24, 2.45) is 5.92 Å². The summed E-state index contributed by atoms with van der Waals surface area (Å²) >= 11 is 0. The van der Waals surface area contributed by atoms with Crippen molar-refractivity contribution in [2.75, 3.05) is 5.32 Å². The molecule has 1 heterocycles. The Hall–Kier alpha value is -1.65. The minimum absolute atomic E-state index is 0.136. The SMILES string of the molecule is Cc1cnc(NC2CCC(C)CC2)cc1[N+](=O)[O-]. The van der Waals surface area contributed by atoms with Crippen LogP contribution in [0.5, 0.6) is 0 Å². The van der Waals surface area contributed by atoms with Crippen molar-refractivity contribution in [2.45, 2.75) is 45.6 Å². The number of anilines is 1. The van der Waals surface area contributed by atoms with Gasteiger partial charge in [0.25, 0.3) is 5.69 Å². The number of aromatic nitrogens is 1. The fourth-order valence-corrected chi connectivity index (χ4v) is 2.40. The van der Waals surface area contributed by atoms with Gasteiger partial charge in [0.1, 0.15) is 5.82 Å². The summed E-state index contributed by atoms with van der Waals surface area (Å²) in [5.74, 6) is 1.41. The third kappa shape index (κ3) is 2.97. The average Bonchev–Trinajstić information content (AvgIpc) is 2.34. The highest BCUT2D eigenvalue weighted by atomic mass is 16.6. The predicted octanol–water partition coefficient (Wildman–Crippen LogP) is 3.29. The molecule has 0 aliphatic heterocycles. The highest BCUT2D eigenvalue weighted by Crippen LogP contribution is 2.27. The number of rotatable bonds is 3. The van der Waals surface area contributed by atoms with E-state index in [-0.39, 0.29) is 10.6 Å². The number of nitrogens with zero attached hydrogens (tertiary/aromatic N) is 2. The van der Waals surface area contributed by atoms with E-state index >= 15 is 0 Å². The standard InChI is InChI=1S/C13H19N3O2/c1-9-3-5-11(6-4-9)15-13-7-12(16(17)18)10(2)8-14-13/h7-9,11H,3-6H2,1-2H3,(H,14,15). The van der Waals surface area contributed by atoms with E-state index in [9.17, 15) is 10.1 Å². The van der Waals surface area contributed by atoms with Gasteiger partial charge in [0, 0.05) is 17.8 Å². The first-order valence-electron chi connectivity index (χ1n) is 6.44. The van der Waals surface area contributed by atoms with E-state index in [1.54, 1.807) is 13.1 Å². The second-order valence-corrected chi connectivity index (χ2v) is 5.21. The molecule has 5 nitrogen and oxygen atoms in total. The van der Waals surface area contributed by atoms with Gasteiger partial charge in [0.05, 0.1) is 11.0 Å². The fraction of sp³-hybridized carbons (Fsp3) is 0.615. The van der Waals surface area contributed by atoms with Gasteiger partial charge in [-0.25, -0.2) is 4.98 Å². The van der Waals surface area contributed by atoms with Crippen LogP contribution in [0.25, 0.3) is 0 Å². The lowest BCUT2D eigenvalue weighted by Crippen LogP contribution is -2.25. The van der Waals surface area contributed by atoms with Gasteiger partial charge in [-0.2, -0.15) is 0 Å². The number of hydrogen-bond acceptors (Lipinski definition) is 4. The van der Waals surface area contributed by atoms with Crippen molar-refractivity contribution < 1.29 is 4.92 Å². The first kappa shape index (κ1) is 12.8. The molecule has 1 N–H and O–H groups in total. The van der Waals surface area contributed by atoms with Gasteiger partial charge in [0.15, 0.2) is 0 Å². The number of nitrogens with one attached hydrogen (secondary N) is 1. The average molecular weight is 249 g/mol. The highest BCUT2D eigenvalue weighted by molar-refractivity contribution is 5.49. The van der Waals surface area contributed by atoms with Crippen molar-refractivity contribution >= 4 is 11.5 Å². The summed E-state index contributed by atoms with van der Waals surface area (Å²) in [5.41, 5.74) is 0.736. The minimum atomic E-state index is -0.356. The van der Waals surface area contributed by atoms with Crippen LogP contribution in [0.1, 0.15) is 38.2 Å². The van der Waals surface area contributed by atoms with E-state index in [4.69, 9.17) is 0 Å². The molecule has 1 saturated carbocycles. The molecule has 1 aliphatic rings. The maximum atomic E-state index is 10.9. The van der Waals surface area contributed by atoms with Gasteiger partial charge in [-0.1, -0.05) is 6.92 Å². The van der Waals surface area contributed by atoms with Crippen LogP contribution in [-0.4, -0.2) is 15.9 Å². The molecule has 0 amide bonds. The maximum absolute atomic E-state index is 10.9. The van der Waals surface area contributed by atoms with Gasteiger partial charge in [-0.3, -0.25) is 10.1 Å². The van der Waals surface area contributed by atoms with Crippen LogP contribution in [0.15, 0.2) is 12.3 Å². The van der Waals surface area contributed by atoms with E-state index < -0.39 is 0 Å². The van der Waals surface area contributed by atoms with Crippen LogP contribution in [0.4, 0.5) is 11.5 Å². The van der Waals surface area contributed by atoms with Gasteiger partial charge in [-0.15, -0.1) is 0 Å². The number of aryl methyl sites for hydroxylation is 1. The normalized spacial score (nSPS) is 23.7. The Kier molecular flexibility index (Phi) is 3.79. The molecule has 1 aliphatic carbocycles. The maximum Gasteiger partial charge on any atom is 0.277 e. The highest BCUT2D eigenvalue weighted by Gasteiger charge is 2.19. The molecular formula is C13H19N3O2. The predicted molar refractivity (Wildman–Crippen MR) is 70.7 cm³/mol. The quantitative estimate of drug-likeness (QED) is 0.659. The molecule has 0 saturated heterocycles. The summed E-state index contributed by atoms with van der Waals surface area (Å²) in [7, 11) is 0. The topological polar surface area (TPSA) is 68.1 Å². The second kappa shape index (κ2) is 5.33. The molecule has 5 heteroatoms. The zero-order chi connectivity index (χ0) is 13.1. The number of pyridine rings is 1. The third-order valence-corrected chi connectivity index (χ3v) is 3.64. The zero-order valence-corrected chi connectivity index (χ0v) is 10.8. The van der Waals surface area contributed by atoms with Gasteiger partial charge < -0.3 is 5.32 Å². The molecule has 1 aromatic heterocycles. The number of hydrogen-bond donors (Lipinski definition) is 1. The summed E-state index contributed by atoms with van der Waals surface area (Å²) < 4.78 is 0. The third-order valence-electron chi connectivity index (χ3n) is 3.64. The fourth-order valence-electron chi connectivity index (χ4n) is 2.40. The zero-order valence-electron chi connectivity index (χ0n) is 10.8. The van der Waals surface area contributed by atoms with E-state index in [0.29, 0.717) is 17.4 Å². The Morgan fingerprint density at radius 2 is 2.06 bits per heavy atom. The van der Waals surface area contributed by atoms with E-state index in [0.717, 1.165) is 18.8 Å². The van der Waals surface area contributed by atoms with Crippen molar-refractivity contribution in [3.8, 4) is 0 Å². The Balaban J connectivity index is 2.05. The second-order valence-electron chi connectivity index (χ2n) is 5.21.